The van der Waals surface area contributed by atoms with Gasteiger partial charge >= 0.3 is 5.97 Å². The van der Waals surface area contributed by atoms with Gasteiger partial charge in [-0.15, -0.1) is 0 Å². The van der Waals surface area contributed by atoms with E-state index in [1.165, 1.54) is 0 Å². The predicted molar refractivity (Wildman–Crippen MR) is 51.4 cm³/mol. The van der Waals surface area contributed by atoms with Gasteiger partial charge in [-0.3, -0.25) is 0 Å². The lowest BCUT2D eigenvalue weighted by Crippen LogP contribution is -2.27. The van der Waals surface area contributed by atoms with Crippen molar-refractivity contribution in [1.29, 1.82) is 0 Å². The van der Waals surface area contributed by atoms with E-state index < -0.39 is 5.97 Å². The normalized spacial score (nSPS) is 25.5. The summed E-state index contributed by atoms with van der Waals surface area (Å²) in [7, 11) is 0. The number of carbonyl (C=O) groups is 1. The minimum Gasteiger partial charge on any atom is -0.478 e. The highest BCUT2D eigenvalue weighted by Gasteiger charge is 2.30. The molecular formula is C11H12O3. The van der Waals surface area contributed by atoms with Crippen LogP contribution < -0.4 is 0 Å². The van der Waals surface area contributed by atoms with Crippen LogP contribution in [0.5, 0.6) is 0 Å². The highest BCUT2D eigenvalue weighted by atomic mass is 16.4. The van der Waals surface area contributed by atoms with Crippen LogP contribution in [0.2, 0.25) is 0 Å². The van der Waals surface area contributed by atoms with Crippen LogP contribution in [-0.2, 0) is 0 Å². The van der Waals surface area contributed by atoms with E-state index in [-0.39, 0.29) is 12.0 Å². The molecule has 0 radical (unpaired) electrons. The second-order valence-corrected chi connectivity index (χ2v) is 3.71. The van der Waals surface area contributed by atoms with E-state index in [1.807, 2.05) is 12.1 Å². The molecule has 3 nitrogen and oxygen atoms in total. The van der Waals surface area contributed by atoms with Gasteiger partial charge in [0.2, 0.25) is 0 Å². The Morgan fingerprint density at radius 1 is 1.29 bits per heavy atom. The summed E-state index contributed by atoms with van der Waals surface area (Å²) in [4.78, 5) is 10.9. The molecular weight excluding hydrogens is 180 g/mol. The smallest absolute Gasteiger partial charge is 0.335 e. The maximum atomic E-state index is 10.9. The highest BCUT2D eigenvalue weighted by Crippen LogP contribution is 2.38. The minimum atomic E-state index is -0.887. The zero-order valence-corrected chi connectivity index (χ0v) is 7.68. The first kappa shape index (κ1) is 9.21. The molecule has 0 spiro atoms. The second-order valence-electron chi connectivity index (χ2n) is 3.71. The minimum absolute atomic E-state index is 0.220. The molecule has 74 valence electrons. The Morgan fingerprint density at radius 2 is 1.93 bits per heavy atom. The molecule has 14 heavy (non-hydrogen) atoms. The second kappa shape index (κ2) is 3.42. The first-order chi connectivity index (χ1) is 6.68. The fraction of sp³-hybridized carbons (Fsp3) is 0.364. The summed E-state index contributed by atoms with van der Waals surface area (Å²) < 4.78 is 0. The zero-order valence-electron chi connectivity index (χ0n) is 7.68. The van der Waals surface area contributed by atoms with Crippen molar-refractivity contribution in [2.24, 2.45) is 0 Å². The van der Waals surface area contributed by atoms with Crippen molar-refractivity contribution in [1.82, 2.24) is 0 Å². The number of hydrogen-bond donors (Lipinski definition) is 2. The first-order valence-electron chi connectivity index (χ1n) is 4.68. The molecule has 3 heteroatoms. The summed E-state index contributed by atoms with van der Waals surface area (Å²) in [6.45, 7) is 0. The maximum absolute atomic E-state index is 10.9. The molecule has 1 fully saturated rings. The van der Waals surface area contributed by atoms with Gasteiger partial charge in [-0.1, -0.05) is 18.2 Å². The van der Waals surface area contributed by atoms with Crippen LogP contribution in [0.15, 0.2) is 24.3 Å². The summed E-state index contributed by atoms with van der Waals surface area (Å²) in [6.07, 6.45) is 1.12. The number of benzene rings is 1. The summed E-state index contributed by atoms with van der Waals surface area (Å²) in [5.74, 6) is -0.667. The molecule has 2 rings (SSSR count). The number of carboxylic acids is 1. The Hall–Kier alpha value is -1.35. The third-order valence-electron chi connectivity index (χ3n) is 2.74. The lowest BCUT2D eigenvalue weighted by molar-refractivity contribution is 0.0658. The molecule has 1 aliphatic rings. The quantitative estimate of drug-likeness (QED) is 0.748. The van der Waals surface area contributed by atoms with Crippen LogP contribution in [0.1, 0.15) is 34.7 Å². The largest absolute Gasteiger partial charge is 0.478 e. The third-order valence-corrected chi connectivity index (χ3v) is 2.74. The van der Waals surface area contributed by atoms with Crippen LogP contribution >= 0.6 is 0 Å². The molecule has 1 aromatic carbocycles. The molecule has 0 amide bonds. The van der Waals surface area contributed by atoms with Gasteiger partial charge < -0.3 is 10.2 Å². The van der Waals surface area contributed by atoms with Gasteiger partial charge in [0.25, 0.3) is 0 Å². The van der Waals surface area contributed by atoms with Gasteiger partial charge in [0.05, 0.1) is 11.7 Å². The van der Waals surface area contributed by atoms with Gasteiger partial charge in [-0.25, -0.2) is 4.79 Å². The Morgan fingerprint density at radius 3 is 2.50 bits per heavy atom. The lowest BCUT2D eigenvalue weighted by atomic mass is 9.76. The Labute approximate surface area is 82.0 Å². The number of aliphatic hydroxyl groups is 1. The number of hydrogen-bond acceptors (Lipinski definition) is 2. The molecule has 0 heterocycles. The topological polar surface area (TPSA) is 57.5 Å². The van der Waals surface area contributed by atoms with E-state index in [4.69, 9.17) is 10.2 Å². The van der Waals surface area contributed by atoms with Gasteiger partial charge in [0.1, 0.15) is 0 Å². The number of aromatic carboxylic acids is 1. The summed E-state index contributed by atoms with van der Waals surface area (Å²) in [5, 5.41) is 18.1. The van der Waals surface area contributed by atoms with Crippen molar-refractivity contribution in [2.45, 2.75) is 24.9 Å². The zero-order chi connectivity index (χ0) is 10.1. The fourth-order valence-electron chi connectivity index (χ4n) is 1.89. The Bertz CT molecular complexity index is 353. The SMILES string of the molecule is O=C(O)c1ccccc1C1CC(O)C1. The van der Waals surface area contributed by atoms with E-state index in [0.29, 0.717) is 18.4 Å². The fourth-order valence-corrected chi connectivity index (χ4v) is 1.89. The average molecular weight is 192 g/mol. The Kier molecular flexibility index (Phi) is 2.25. The van der Waals surface area contributed by atoms with Crippen molar-refractivity contribution in [3.8, 4) is 0 Å². The van der Waals surface area contributed by atoms with E-state index >= 15 is 0 Å². The Balaban J connectivity index is 2.28. The third kappa shape index (κ3) is 1.51. The molecule has 2 N–H and O–H groups in total. The van der Waals surface area contributed by atoms with Gasteiger partial charge in [-0.05, 0) is 30.4 Å². The van der Waals surface area contributed by atoms with Crippen LogP contribution in [0.25, 0.3) is 0 Å². The van der Waals surface area contributed by atoms with Crippen molar-refractivity contribution >= 4 is 5.97 Å². The maximum Gasteiger partial charge on any atom is 0.335 e. The first-order valence-corrected chi connectivity index (χ1v) is 4.68. The molecule has 0 aromatic heterocycles. The number of aliphatic hydroxyl groups excluding tert-OH is 1. The summed E-state index contributed by atoms with van der Waals surface area (Å²) >= 11 is 0. The van der Waals surface area contributed by atoms with E-state index in [9.17, 15) is 4.79 Å². The van der Waals surface area contributed by atoms with Crippen molar-refractivity contribution < 1.29 is 15.0 Å². The molecule has 0 aliphatic heterocycles. The number of carboxylic acid groups (broad SMARTS) is 1. The van der Waals surface area contributed by atoms with Crippen LogP contribution in [0.3, 0.4) is 0 Å². The van der Waals surface area contributed by atoms with E-state index in [2.05, 4.69) is 0 Å². The molecule has 1 aromatic rings. The van der Waals surface area contributed by atoms with E-state index in [0.717, 1.165) is 5.56 Å². The van der Waals surface area contributed by atoms with Crippen molar-refractivity contribution in [3.63, 3.8) is 0 Å². The number of rotatable bonds is 2. The molecule has 1 aliphatic carbocycles. The molecule has 0 atom stereocenters. The molecule has 1 saturated carbocycles. The standard InChI is InChI=1S/C11H12O3/c12-8-5-7(6-8)9-3-1-2-4-10(9)11(13)14/h1-4,7-8,12H,5-6H2,(H,13,14). The van der Waals surface area contributed by atoms with Gasteiger partial charge in [0, 0.05) is 0 Å². The lowest BCUT2D eigenvalue weighted by Gasteiger charge is -2.32. The summed E-state index contributed by atoms with van der Waals surface area (Å²) in [5.41, 5.74) is 1.22. The van der Waals surface area contributed by atoms with Gasteiger partial charge in [-0.2, -0.15) is 0 Å². The van der Waals surface area contributed by atoms with E-state index in [1.54, 1.807) is 12.1 Å². The van der Waals surface area contributed by atoms with Crippen molar-refractivity contribution in [3.05, 3.63) is 35.4 Å². The highest BCUT2D eigenvalue weighted by molar-refractivity contribution is 5.89. The predicted octanol–water partition coefficient (Wildman–Crippen LogP) is 1.62. The molecule has 0 bridgehead atoms. The van der Waals surface area contributed by atoms with Crippen LogP contribution in [-0.4, -0.2) is 22.3 Å². The van der Waals surface area contributed by atoms with Gasteiger partial charge in [0.15, 0.2) is 0 Å². The molecule has 0 unspecified atom stereocenters. The van der Waals surface area contributed by atoms with Crippen LogP contribution in [0.4, 0.5) is 0 Å². The average Bonchev–Trinajstić information content (AvgIpc) is 2.13. The van der Waals surface area contributed by atoms with Crippen LogP contribution in [0, 0.1) is 0 Å². The molecule has 0 saturated heterocycles. The summed E-state index contributed by atoms with van der Waals surface area (Å²) in [6, 6.07) is 7.01. The van der Waals surface area contributed by atoms with Crippen molar-refractivity contribution in [2.75, 3.05) is 0 Å². The monoisotopic (exact) mass is 192 g/mol.